The van der Waals surface area contributed by atoms with Crippen LogP contribution >= 0.6 is 15.9 Å². The Morgan fingerprint density at radius 2 is 1.92 bits per heavy atom. The first kappa shape index (κ1) is 8.82. The SMILES string of the molecule is Cc1ccc2c(C)c(Br)n(C)c2c1. The Hall–Kier alpha value is -0.760. The fourth-order valence-corrected chi connectivity index (χ4v) is 2.11. The molecule has 0 bridgehead atoms. The number of aromatic nitrogens is 1. The third kappa shape index (κ3) is 1.20. The summed E-state index contributed by atoms with van der Waals surface area (Å²) in [4.78, 5) is 0. The summed E-state index contributed by atoms with van der Waals surface area (Å²) >= 11 is 3.58. The second-order valence-electron chi connectivity index (χ2n) is 3.50. The summed E-state index contributed by atoms with van der Waals surface area (Å²) in [5, 5.41) is 1.33. The van der Waals surface area contributed by atoms with Gasteiger partial charge in [-0.2, -0.15) is 0 Å². The third-order valence-electron chi connectivity index (χ3n) is 2.52. The summed E-state index contributed by atoms with van der Waals surface area (Å²) in [6, 6.07) is 6.56. The summed E-state index contributed by atoms with van der Waals surface area (Å²) in [6.45, 7) is 4.26. The fraction of sp³-hybridized carbons (Fsp3) is 0.273. The van der Waals surface area contributed by atoms with E-state index in [-0.39, 0.29) is 0 Å². The van der Waals surface area contributed by atoms with Crippen molar-refractivity contribution in [2.45, 2.75) is 13.8 Å². The van der Waals surface area contributed by atoms with E-state index in [9.17, 15) is 0 Å². The number of halogens is 1. The van der Waals surface area contributed by atoms with Gasteiger partial charge in [-0.15, -0.1) is 0 Å². The van der Waals surface area contributed by atoms with Crippen LogP contribution in [0.15, 0.2) is 22.8 Å². The molecular formula is C11H12BrN. The van der Waals surface area contributed by atoms with Crippen LogP contribution in [0, 0.1) is 13.8 Å². The van der Waals surface area contributed by atoms with Gasteiger partial charge in [0, 0.05) is 18.0 Å². The lowest BCUT2D eigenvalue weighted by Crippen LogP contribution is -1.86. The van der Waals surface area contributed by atoms with Crippen LogP contribution < -0.4 is 0 Å². The van der Waals surface area contributed by atoms with Gasteiger partial charge in [0.15, 0.2) is 0 Å². The average Bonchev–Trinajstić information content (AvgIpc) is 2.32. The molecule has 0 aliphatic rings. The van der Waals surface area contributed by atoms with Crippen molar-refractivity contribution in [3.05, 3.63) is 33.9 Å². The summed E-state index contributed by atoms with van der Waals surface area (Å²) in [6.07, 6.45) is 0. The van der Waals surface area contributed by atoms with Crippen LogP contribution in [0.3, 0.4) is 0 Å². The number of benzene rings is 1. The van der Waals surface area contributed by atoms with Gasteiger partial charge in [-0.25, -0.2) is 0 Å². The van der Waals surface area contributed by atoms with Crippen LogP contribution in [0.2, 0.25) is 0 Å². The minimum atomic E-state index is 1.17. The number of hydrogen-bond acceptors (Lipinski definition) is 0. The van der Waals surface area contributed by atoms with Crippen LogP contribution in [0.1, 0.15) is 11.1 Å². The molecule has 0 fully saturated rings. The highest BCUT2D eigenvalue weighted by molar-refractivity contribution is 9.10. The Morgan fingerprint density at radius 1 is 1.23 bits per heavy atom. The highest BCUT2D eigenvalue weighted by Gasteiger charge is 2.08. The van der Waals surface area contributed by atoms with E-state index in [1.165, 1.54) is 26.6 Å². The van der Waals surface area contributed by atoms with E-state index in [2.05, 4.69) is 59.6 Å². The van der Waals surface area contributed by atoms with Gasteiger partial charge in [0.25, 0.3) is 0 Å². The third-order valence-corrected chi connectivity index (χ3v) is 3.65. The molecule has 1 nitrogen and oxygen atoms in total. The lowest BCUT2D eigenvalue weighted by Gasteiger charge is -1.97. The molecule has 2 aromatic rings. The minimum Gasteiger partial charge on any atom is -0.338 e. The molecule has 68 valence electrons. The Bertz CT molecular complexity index is 468. The first-order valence-electron chi connectivity index (χ1n) is 4.32. The van der Waals surface area contributed by atoms with Crippen molar-refractivity contribution >= 4 is 26.8 Å². The van der Waals surface area contributed by atoms with Gasteiger partial charge >= 0.3 is 0 Å². The van der Waals surface area contributed by atoms with Gasteiger partial charge < -0.3 is 4.57 Å². The number of fused-ring (bicyclic) bond motifs is 1. The molecule has 0 atom stereocenters. The van der Waals surface area contributed by atoms with Crippen LogP contribution in [-0.4, -0.2) is 4.57 Å². The molecule has 1 heterocycles. The molecule has 0 aliphatic carbocycles. The summed E-state index contributed by atoms with van der Waals surface area (Å²) in [5.41, 5.74) is 3.92. The molecule has 0 unspecified atom stereocenters. The summed E-state index contributed by atoms with van der Waals surface area (Å²) in [7, 11) is 2.08. The minimum absolute atomic E-state index is 1.17. The van der Waals surface area contributed by atoms with E-state index in [1.54, 1.807) is 0 Å². The number of hydrogen-bond donors (Lipinski definition) is 0. The van der Waals surface area contributed by atoms with Crippen LogP contribution in [0.5, 0.6) is 0 Å². The fourth-order valence-electron chi connectivity index (χ4n) is 1.70. The highest BCUT2D eigenvalue weighted by Crippen LogP contribution is 2.28. The Labute approximate surface area is 86.5 Å². The zero-order valence-electron chi connectivity index (χ0n) is 8.06. The first-order chi connectivity index (χ1) is 6.11. The van der Waals surface area contributed by atoms with E-state index in [1.807, 2.05) is 0 Å². The molecule has 2 rings (SSSR count). The molecule has 1 aromatic carbocycles. The van der Waals surface area contributed by atoms with Crippen LogP contribution in [-0.2, 0) is 7.05 Å². The molecule has 0 saturated heterocycles. The van der Waals surface area contributed by atoms with Gasteiger partial charge in [-0.05, 0) is 47.0 Å². The maximum absolute atomic E-state index is 3.58. The topological polar surface area (TPSA) is 4.93 Å². The molecular weight excluding hydrogens is 226 g/mol. The Morgan fingerprint density at radius 3 is 2.62 bits per heavy atom. The molecule has 0 saturated carbocycles. The van der Waals surface area contributed by atoms with Crippen molar-refractivity contribution in [1.29, 1.82) is 0 Å². The van der Waals surface area contributed by atoms with Crippen LogP contribution in [0.4, 0.5) is 0 Å². The molecule has 0 amide bonds. The van der Waals surface area contributed by atoms with E-state index >= 15 is 0 Å². The monoisotopic (exact) mass is 237 g/mol. The van der Waals surface area contributed by atoms with Crippen molar-refractivity contribution in [2.24, 2.45) is 7.05 Å². The maximum Gasteiger partial charge on any atom is 0.0884 e. The second-order valence-corrected chi connectivity index (χ2v) is 4.25. The molecule has 13 heavy (non-hydrogen) atoms. The van der Waals surface area contributed by atoms with E-state index < -0.39 is 0 Å². The normalized spacial score (nSPS) is 11.1. The van der Waals surface area contributed by atoms with Gasteiger partial charge in [0.1, 0.15) is 0 Å². The van der Waals surface area contributed by atoms with Crippen LogP contribution in [0.25, 0.3) is 10.9 Å². The zero-order chi connectivity index (χ0) is 9.59. The number of rotatable bonds is 0. The van der Waals surface area contributed by atoms with Gasteiger partial charge in [-0.1, -0.05) is 12.1 Å². The van der Waals surface area contributed by atoms with Gasteiger partial charge in [0.2, 0.25) is 0 Å². The van der Waals surface area contributed by atoms with E-state index in [4.69, 9.17) is 0 Å². The van der Waals surface area contributed by atoms with Crippen molar-refractivity contribution < 1.29 is 0 Å². The molecule has 0 spiro atoms. The van der Waals surface area contributed by atoms with E-state index in [0.29, 0.717) is 0 Å². The zero-order valence-corrected chi connectivity index (χ0v) is 9.64. The smallest absolute Gasteiger partial charge is 0.0884 e. The van der Waals surface area contributed by atoms with E-state index in [0.717, 1.165) is 0 Å². The largest absolute Gasteiger partial charge is 0.338 e. The quantitative estimate of drug-likeness (QED) is 0.661. The van der Waals surface area contributed by atoms with Gasteiger partial charge in [-0.3, -0.25) is 0 Å². The summed E-state index contributed by atoms with van der Waals surface area (Å²) in [5.74, 6) is 0. The average molecular weight is 238 g/mol. The Balaban J connectivity index is 2.95. The van der Waals surface area contributed by atoms with Gasteiger partial charge in [0.05, 0.1) is 4.60 Å². The molecule has 0 N–H and O–H groups in total. The van der Waals surface area contributed by atoms with Crippen molar-refractivity contribution in [1.82, 2.24) is 4.57 Å². The first-order valence-corrected chi connectivity index (χ1v) is 5.11. The Kier molecular flexibility index (Phi) is 1.95. The molecule has 0 aliphatic heterocycles. The highest BCUT2D eigenvalue weighted by atomic mass is 79.9. The lowest BCUT2D eigenvalue weighted by molar-refractivity contribution is 0.933. The summed E-state index contributed by atoms with van der Waals surface area (Å²) < 4.78 is 3.35. The number of aryl methyl sites for hydroxylation is 3. The lowest BCUT2D eigenvalue weighted by atomic mass is 10.1. The molecule has 2 heteroatoms. The van der Waals surface area contributed by atoms with Crippen molar-refractivity contribution in [2.75, 3.05) is 0 Å². The number of nitrogens with zero attached hydrogens (tertiary/aromatic N) is 1. The second kappa shape index (κ2) is 2.88. The molecule has 0 radical (unpaired) electrons. The predicted molar refractivity (Wildman–Crippen MR) is 60.1 cm³/mol. The van der Waals surface area contributed by atoms with Crippen molar-refractivity contribution in [3.63, 3.8) is 0 Å². The standard InChI is InChI=1S/C11H12BrN/c1-7-4-5-9-8(2)11(12)13(3)10(9)6-7/h4-6H,1-3H3. The predicted octanol–water partition coefficient (Wildman–Crippen LogP) is 3.56. The molecule has 1 aromatic heterocycles. The maximum atomic E-state index is 3.58. The van der Waals surface area contributed by atoms with Crippen molar-refractivity contribution in [3.8, 4) is 0 Å².